The predicted molar refractivity (Wildman–Crippen MR) is 107 cm³/mol. The average Bonchev–Trinajstić information content (AvgIpc) is 2.68. The lowest BCUT2D eigenvalue weighted by Gasteiger charge is -2.34. The van der Waals surface area contributed by atoms with Crippen molar-refractivity contribution in [3.05, 3.63) is 36.0 Å². The number of anilines is 3. The molecule has 3 rings (SSSR count). The molecule has 1 saturated heterocycles. The fraction of sp³-hybridized carbons (Fsp3) is 0.421. The summed E-state index contributed by atoms with van der Waals surface area (Å²) in [6, 6.07) is 9.14. The van der Waals surface area contributed by atoms with Gasteiger partial charge in [0.25, 0.3) is 0 Å². The summed E-state index contributed by atoms with van der Waals surface area (Å²) in [5, 5.41) is 6.15. The first-order valence-electron chi connectivity index (χ1n) is 9.13. The number of rotatable bonds is 5. The van der Waals surface area contributed by atoms with Gasteiger partial charge < -0.3 is 25.2 Å². The first-order chi connectivity index (χ1) is 13.1. The highest BCUT2D eigenvalue weighted by Gasteiger charge is 2.23. The number of benzene rings is 1. The van der Waals surface area contributed by atoms with Crippen LogP contribution in [0.3, 0.4) is 0 Å². The largest absolute Gasteiger partial charge is 0.497 e. The SMILES string of the molecule is CCNc1cc(C)nc(N2CCN(C(=O)Nc3ccc(OC)cc3)CC2)n1. The lowest BCUT2D eigenvalue weighted by Crippen LogP contribution is -2.50. The third-order valence-corrected chi connectivity index (χ3v) is 4.39. The highest BCUT2D eigenvalue weighted by molar-refractivity contribution is 5.89. The summed E-state index contributed by atoms with van der Waals surface area (Å²) in [5.74, 6) is 2.30. The van der Waals surface area contributed by atoms with E-state index in [1.807, 2.05) is 49.1 Å². The van der Waals surface area contributed by atoms with Crippen molar-refractivity contribution in [1.29, 1.82) is 0 Å². The predicted octanol–water partition coefficient (Wildman–Crippen LogP) is 2.58. The Hall–Kier alpha value is -3.03. The first-order valence-corrected chi connectivity index (χ1v) is 9.13. The third kappa shape index (κ3) is 4.78. The number of urea groups is 1. The van der Waals surface area contributed by atoms with E-state index in [0.29, 0.717) is 32.1 Å². The van der Waals surface area contributed by atoms with Crippen LogP contribution in [-0.2, 0) is 0 Å². The molecule has 0 radical (unpaired) electrons. The summed E-state index contributed by atoms with van der Waals surface area (Å²) in [5.41, 5.74) is 1.68. The molecule has 2 N–H and O–H groups in total. The van der Waals surface area contributed by atoms with Crippen molar-refractivity contribution in [2.45, 2.75) is 13.8 Å². The Morgan fingerprint density at radius 1 is 1.15 bits per heavy atom. The number of carbonyl (C=O) groups excluding carboxylic acids is 1. The van der Waals surface area contributed by atoms with Gasteiger partial charge in [-0.25, -0.2) is 9.78 Å². The van der Waals surface area contributed by atoms with E-state index in [0.717, 1.165) is 29.5 Å². The summed E-state index contributed by atoms with van der Waals surface area (Å²) < 4.78 is 5.13. The molecule has 0 spiro atoms. The summed E-state index contributed by atoms with van der Waals surface area (Å²) in [4.78, 5) is 25.5. The molecule has 0 aliphatic carbocycles. The van der Waals surface area contributed by atoms with Crippen LogP contribution in [0.2, 0.25) is 0 Å². The van der Waals surface area contributed by atoms with E-state index < -0.39 is 0 Å². The molecule has 1 aromatic carbocycles. The van der Waals surface area contributed by atoms with Crippen molar-refractivity contribution in [2.75, 3.05) is 55.4 Å². The molecule has 1 fully saturated rings. The van der Waals surface area contributed by atoms with Gasteiger partial charge in [0.15, 0.2) is 0 Å². The highest BCUT2D eigenvalue weighted by Crippen LogP contribution is 2.18. The minimum absolute atomic E-state index is 0.0988. The zero-order valence-electron chi connectivity index (χ0n) is 16.0. The molecule has 1 aliphatic rings. The van der Waals surface area contributed by atoms with E-state index >= 15 is 0 Å². The molecule has 8 heteroatoms. The number of carbonyl (C=O) groups is 1. The lowest BCUT2D eigenvalue weighted by atomic mass is 10.3. The van der Waals surface area contributed by atoms with E-state index in [2.05, 4.69) is 25.5 Å². The molecule has 1 aliphatic heterocycles. The van der Waals surface area contributed by atoms with Gasteiger partial charge in [-0.05, 0) is 38.1 Å². The van der Waals surface area contributed by atoms with Crippen LogP contribution >= 0.6 is 0 Å². The quantitative estimate of drug-likeness (QED) is 0.842. The van der Waals surface area contributed by atoms with Gasteiger partial charge in [0.1, 0.15) is 11.6 Å². The molecule has 8 nitrogen and oxygen atoms in total. The molecule has 2 amide bonds. The Balaban J connectivity index is 1.57. The standard InChI is InChI=1S/C19H26N6O2/c1-4-20-17-13-14(2)21-18(23-17)24-9-11-25(12-10-24)19(26)22-15-5-7-16(27-3)8-6-15/h5-8,13H,4,9-12H2,1-3H3,(H,22,26)(H,20,21,23). The van der Waals surface area contributed by atoms with E-state index in [1.165, 1.54) is 0 Å². The maximum absolute atomic E-state index is 12.5. The van der Waals surface area contributed by atoms with Crippen LogP contribution in [0, 0.1) is 6.92 Å². The van der Waals surface area contributed by atoms with E-state index in [4.69, 9.17) is 4.74 Å². The number of hydrogen-bond donors (Lipinski definition) is 2. The topological polar surface area (TPSA) is 82.6 Å². The first kappa shape index (κ1) is 18.8. The summed E-state index contributed by atoms with van der Waals surface area (Å²) in [7, 11) is 1.62. The summed E-state index contributed by atoms with van der Waals surface area (Å²) in [6.45, 7) is 7.46. The Kier molecular flexibility index (Phi) is 5.95. The maximum Gasteiger partial charge on any atom is 0.321 e. The van der Waals surface area contributed by atoms with Gasteiger partial charge in [0, 0.05) is 50.2 Å². The molecule has 0 saturated carbocycles. The van der Waals surface area contributed by atoms with E-state index in [9.17, 15) is 4.79 Å². The monoisotopic (exact) mass is 370 g/mol. The van der Waals surface area contributed by atoms with Crippen LogP contribution in [0.25, 0.3) is 0 Å². The van der Waals surface area contributed by atoms with Crippen LogP contribution < -0.4 is 20.3 Å². The Morgan fingerprint density at radius 3 is 2.48 bits per heavy atom. The van der Waals surface area contributed by atoms with Crippen LogP contribution in [0.15, 0.2) is 30.3 Å². The molecule has 0 bridgehead atoms. The highest BCUT2D eigenvalue weighted by atomic mass is 16.5. The van der Waals surface area contributed by atoms with Gasteiger partial charge in [0.2, 0.25) is 5.95 Å². The van der Waals surface area contributed by atoms with Crippen LogP contribution in [-0.4, -0.2) is 60.7 Å². The Bertz CT molecular complexity index is 772. The maximum atomic E-state index is 12.5. The Labute approximate surface area is 159 Å². The van der Waals surface area contributed by atoms with Crippen molar-refractivity contribution < 1.29 is 9.53 Å². The number of nitrogens with one attached hydrogen (secondary N) is 2. The second kappa shape index (κ2) is 8.57. The molecule has 2 aromatic rings. The molecule has 27 heavy (non-hydrogen) atoms. The van der Waals surface area contributed by atoms with Crippen molar-refractivity contribution in [3.63, 3.8) is 0 Å². The molecule has 0 unspecified atom stereocenters. The number of amides is 2. The van der Waals surface area contributed by atoms with Gasteiger partial charge in [0.05, 0.1) is 7.11 Å². The molecule has 1 aromatic heterocycles. The van der Waals surface area contributed by atoms with E-state index in [-0.39, 0.29) is 6.03 Å². The van der Waals surface area contributed by atoms with Crippen molar-refractivity contribution >= 4 is 23.5 Å². The normalized spacial score (nSPS) is 14.0. The minimum Gasteiger partial charge on any atom is -0.497 e. The van der Waals surface area contributed by atoms with Crippen molar-refractivity contribution in [2.24, 2.45) is 0 Å². The zero-order chi connectivity index (χ0) is 19.2. The second-order valence-corrected chi connectivity index (χ2v) is 6.36. The third-order valence-electron chi connectivity index (χ3n) is 4.39. The van der Waals surface area contributed by atoms with E-state index in [1.54, 1.807) is 7.11 Å². The van der Waals surface area contributed by atoms with Gasteiger partial charge in [-0.1, -0.05) is 0 Å². The molecular weight excluding hydrogens is 344 g/mol. The number of aryl methyl sites for hydroxylation is 1. The van der Waals surface area contributed by atoms with Crippen LogP contribution in [0.4, 0.5) is 22.2 Å². The van der Waals surface area contributed by atoms with Gasteiger partial charge >= 0.3 is 6.03 Å². The minimum atomic E-state index is -0.0988. The van der Waals surface area contributed by atoms with Crippen LogP contribution in [0.1, 0.15) is 12.6 Å². The fourth-order valence-electron chi connectivity index (χ4n) is 2.95. The van der Waals surface area contributed by atoms with Gasteiger partial charge in [-0.15, -0.1) is 0 Å². The molecule has 2 heterocycles. The smallest absolute Gasteiger partial charge is 0.321 e. The summed E-state index contributed by atoms with van der Waals surface area (Å²) in [6.07, 6.45) is 0. The van der Waals surface area contributed by atoms with Crippen LogP contribution in [0.5, 0.6) is 5.75 Å². The number of nitrogens with zero attached hydrogens (tertiary/aromatic N) is 4. The van der Waals surface area contributed by atoms with Gasteiger partial charge in [-0.3, -0.25) is 0 Å². The molecular formula is C19H26N6O2. The lowest BCUT2D eigenvalue weighted by molar-refractivity contribution is 0.208. The number of methoxy groups -OCH3 is 1. The number of hydrogen-bond acceptors (Lipinski definition) is 6. The summed E-state index contributed by atoms with van der Waals surface area (Å²) >= 11 is 0. The average molecular weight is 370 g/mol. The molecule has 144 valence electrons. The number of aromatic nitrogens is 2. The van der Waals surface area contributed by atoms with Crippen molar-refractivity contribution in [1.82, 2.24) is 14.9 Å². The molecule has 0 atom stereocenters. The fourth-order valence-corrected chi connectivity index (χ4v) is 2.95. The second-order valence-electron chi connectivity index (χ2n) is 6.36. The number of piperazine rings is 1. The van der Waals surface area contributed by atoms with Crippen molar-refractivity contribution in [3.8, 4) is 5.75 Å². The Morgan fingerprint density at radius 2 is 1.85 bits per heavy atom. The number of ether oxygens (including phenoxy) is 1. The zero-order valence-corrected chi connectivity index (χ0v) is 16.0. The van der Waals surface area contributed by atoms with Gasteiger partial charge in [-0.2, -0.15) is 4.98 Å².